The highest BCUT2D eigenvalue weighted by Gasteiger charge is 2.49. The van der Waals surface area contributed by atoms with E-state index in [-0.39, 0.29) is 30.3 Å². The van der Waals surface area contributed by atoms with E-state index < -0.39 is 17.9 Å². The lowest BCUT2D eigenvalue weighted by molar-refractivity contribution is -0.200. The first-order valence-electron chi connectivity index (χ1n) is 12.2. The molecule has 1 saturated heterocycles. The van der Waals surface area contributed by atoms with Gasteiger partial charge < -0.3 is 9.74 Å². The Morgan fingerprint density at radius 3 is 2.24 bits per heavy atom. The van der Waals surface area contributed by atoms with Crippen LogP contribution in [0.5, 0.6) is 0 Å². The molecule has 3 aliphatic rings. The third-order valence-electron chi connectivity index (χ3n) is 6.57. The van der Waals surface area contributed by atoms with Gasteiger partial charge in [-0.05, 0) is 53.1 Å². The Morgan fingerprint density at radius 2 is 1.66 bits per heavy atom. The number of Topliss-reactive ketones (excluding diaryl/α,β-unsaturated/α-hetero) is 1. The van der Waals surface area contributed by atoms with Gasteiger partial charge in [0.1, 0.15) is 6.04 Å². The van der Waals surface area contributed by atoms with E-state index in [0.29, 0.717) is 26.7 Å². The van der Waals surface area contributed by atoms with Crippen molar-refractivity contribution in [1.82, 2.24) is 15.3 Å². The van der Waals surface area contributed by atoms with Gasteiger partial charge >= 0.3 is 5.97 Å². The number of rotatable bonds is 6. The number of aliphatic imine (C=N–C) groups is 1. The molecule has 0 aromatic heterocycles. The Balaban J connectivity index is 1.54. The molecule has 1 amide bonds. The van der Waals surface area contributed by atoms with Gasteiger partial charge in [-0.2, -0.15) is 5.06 Å². The van der Waals surface area contributed by atoms with Crippen LogP contribution in [0.4, 0.5) is 0 Å². The maximum atomic E-state index is 13.8. The van der Waals surface area contributed by atoms with Gasteiger partial charge in [0, 0.05) is 29.2 Å². The molecule has 1 fully saturated rings. The fourth-order valence-corrected chi connectivity index (χ4v) is 6.52. The third-order valence-corrected chi connectivity index (χ3v) is 8.17. The van der Waals surface area contributed by atoms with Crippen LogP contribution in [0.25, 0.3) is 0 Å². The molecule has 0 saturated carbocycles. The van der Waals surface area contributed by atoms with Crippen LogP contribution in [-0.4, -0.2) is 51.9 Å². The molecule has 0 bridgehead atoms. The van der Waals surface area contributed by atoms with E-state index in [2.05, 4.69) is 10.2 Å². The number of carbonyl (C=O) groups excluding carboxylic acids is 3. The molecule has 2 aromatic carbocycles. The highest BCUT2D eigenvalue weighted by Crippen LogP contribution is 2.53. The molecule has 11 heteroatoms. The predicted octanol–water partition coefficient (Wildman–Crippen LogP) is 4.91. The maximum absolute atomic E-state index is 13.8. The summed E-state index contributed by atoms with van der Waals surface area (Å²) in [7, 11) is 0. The fourth-order valence-electron chi connectivity index (χ4n) is 4.95. The molecule has 0 radical (unpaired) electrons. The monoisotopic (exact) mass is 572 g/mol. The topological polar surface area (TPSA) is 91.3 Å². The van der Waals surface area contributed by atoms with Gasteiger partial charge in [-0.3, -0.25) is 24.7 Å². The minimum absolute atomic E-state index is 0.0452. The normalized spacial score (nSPS) is 23.2. The van der Waals surface area contributed by atoms with Crippen LogP contribution in [0.1, 0.15) is 44.0 Å². The van der Waals surface area contributed by atoms with Crippen molar-refractivity contribution in [2.45, 2.75) is 38.9 Å². The minimum atomic E-state index is -1.15. The smallest absolute Gasteiger partial charge is 0.329 e. The van der Waals surface area contributed by atoms with Crippen molar-refractivity contribution in [3.63, 3.8) is 0 Å². The predicted molar refractivity (Wildman–Crippen MR) is 147 cm³/mol. The van der Waals surface area contributed by atoms with Gasteiger partial charge in [-0.1, -0.05) is 61.3 Å². The number of piperazine rings is 1. The van der Waals surface area contributed by atoms with E-state index in [4.69, 9.17) is 33.0 Å². The molecule has 1 N–H and O–H groups in total. The molecule has 3 aliphatic heterocycles. The number of fused-ring (bicyclic) bond motifs is 1. The van der Waals surface area contributed by atoms with Crippen molar-refractivity contribution in [1.29, 1.82) is 0 Å². The molecule has 3 atom stereocenters. The number of thioether (sulfide) groups is 1. The number of halogens is 2. The number of hydrogen-bond donors (Lipinski definition) is 1. The van der Waals surface area contributed by atoms with Crippen LogP contribution >= 0.6 is 35.0 Å². The van der Waals surface area contributed by atoms with Crippen molar-refractivity contribution in [2.75, 3.05) is 13.1 Å². The largest absolute Gasteiger partial charge is 0.338 e. The van der Waals surface area contributed by atoms with Crippen LogP contribution in [0.15, 0.2) is 64.1 Å². The lowest BCUT2D eigenvalue weighted by atomic mass is 9.92. The van der Waals surface area contributed by atoms with Crippen LogP contribution in [0.2, 0.25) is 10.0 Å². The lowest BCUT2D eigenvalue weighted by Crippen LogP contribution is -2.58. The van der Waals surface area contributed by atoms with Gasteiger partial charge in [-0.15, -0.1) is 0 Å². The number of hydrogen-bond acceptors (Lipinski definition) is 8. The number of amidine groups is 1. The first-order valence-corrected chi connectivity index (χ1v) is 13.8. The quantitative estimate of drug-likeness (QED) is 0.492. The summed E-state index contributed by atoms with van der Waals surface area (Å²) in [4.78, 5) is 51.0. The number of nitrogens with zero attached hydrogens (tertiary/aromatic N) is 3. The molecule has 38 heavy (non-hydrogen) atoms. The van der Waals surface area contributed by atoms with Crippen LogP contribution in [-0.2, 0) is 19.2 Å². The minimum Gasteiger partial charge on any atom is -0.338 e. The van der Waals surface area contributed by atoms with Gasteiger partial charge in [0.15, 0.2) is 17.0 Å². The molecule has 198 valence electrons. The van der Waals surface area contributed by atoms with E-state index in [1.165, 1.54) is 18.7 Å². The highest BCUT2D eigenvalue weighted by atomic mass is 35.5. The molecular weight excluding hydrogens is 547 g/mol. The Bertz CT molecular complexity index is 1340. The van der Waals surface area contributed by atoms with E-state index >= 15 is 0 Å². The van der Waals surface area contributed by atoms with Crippen LogP contribution in [0.3, 0.4) is 0 Å². The molecule has 0 spiro atoms. The summed E-state index contributed by atoms with van der Waals surface area (Å²) in [5.74, 6) is -1.61. The lowest BCUT2D eigenvalue weighted by Gasteiger charge is -2.32. The maximum Gasteiger partial charge on any atom is 0.329 e. The molecule has 8 nitrogen and oxygen atoms in total. The summed E-state index contributed by atoms with van der Waals surface area (Å²) in [5.41, 5.74) is 2.79. The summed E-state index contributed by atoms with van der Waals surface area (Å²) in [6.45, 7) is 5.75. The summed E-state index contributed by atoms with van der Waals surface area (Å²) < 4.78 is 0. The van der Waals surface area contributed by atoms with E-state index in [1.807, 2.05) is 62.4 Å². The first-order chi connectivity index (χ1) is 18.2. The summed E-state index contributed by atoms with van der Waals surface area (Å²) >= 11 is 13.6. The Hall–Kier alpha value is -2.85. The van der Waals surface area contributed by atoms with Crippen LogP contribution in [0, 0.1) is 5.92 Å². The SMILES string of the molecule is CC(=O)ON1CCNC(C(=O)C2=C(C(C)C)N3C(=NC(c4ccc(Cl)cc4)C3c3ccc(Cl)cc3)S2)C1=O. The molecule has 3 heterocycles. The number of benzene rings is 2. The van der Waals surface area contributed by atoms with Crippen molar-refractivity contribution in [2.24, 2.45) is 10.9 Å². The fraction of sp³-hybridized carbons (Fsp3) is 0.333. The number of nitrogens with one attached hydrogen (secondary N) is 1. The van der Waals surface area contributed by atoms with Crippen molar-refractivity contribution in [3.8, 4) is 0 Å². The molecular formula is C27H26Cl2N4O4S. The van der Waals surface area contributed by atoms with Gasteiger partial charge in [0.2, 0.25) is 0 Å². The van der Waals surface area contributed by atoms with Gasteiger partial charge in [-0.25, -0.2) is 0 Å². The molecule has 3 unspecified atom stereocenters. The van der Waals surface area contributed by atoms with E-state index in [9.17, 15) is 14.4 Å². The zero-order valence-electron chi connectivity index (χ0n) is 21.0. The Kier molecular flexibility index (Phi) is 7.55. The molecule has 5 rings (SSSR count). The average molecular weight is 574 g/mol. The first kappa shape index (κ1) is 26.7. The van der Waals surface area contributed by atoms with Crippen molar-refractivity contribution in [3.05, 3.63) is 80.3 Å². The number of carbonyl (C=O) groups is 3. The number of hydroxylamine groups is 2. The highest BCUT2D eigenvalue weighted by molar-refractivity contribution is 8.18. The summed E-state index contributed by atoms with van der Waals surface area (Å²) in [6.07, 6.45) is 0. The van der Waals surface area contributed by atoms with Crippen molar-refractivity contribution >= 4 is 57.8 Å². The average Bonchev–Trinajstić information content (AvgIpc) is 3.42. The molecule has 2 aromatic rings. The van der Waals surface area contributed by atoms with E-state index in [0.717, 1.165) is 21.9 Å². The second-order valence-electron chi connectivity index (χ2n) is 9.52. The van der Waals surface area contributed by atoms with Crippen LogP contribution < -0.4 is 5.32 Å². The number of ketones is 1. The number of allylic oxidation sites excluding steroid dienone is 1. The summed E-state index contributed by atoms with van der Waals surface area (Å²) in [5, 5.41) is 5.92. The number of amides is 1. The molecule has 0 aliphatic carbocycles. The zero-order valence-corrected chi connectivity index (χ0v) is 23.3. The Labute approximate surface area is 235 Å². The van der Waals surface area contributed by atoms with E-state index in [1.54, 1.807) is 0 Å². The van der Waals surface area contributed by atoms with Gasteiger partial charge in [0.25, 0.3) is 5.91 Å². The third kappa shape index (κ3) is 4.96. The zero-order chi connectivity index (χ0) is 27.1. The van der Waals surface area contributed by atoms with Crippen molar-refractivity contribution < 1.29 is 19.2 Å². The standard InChI is InChI=1S/C27H26Cl2N4O4S/c1-14(2)22-25(24(35)21-26(36)32(13-12-30-21)37-15(3)34)38-27-31-20(16-4-8-18(28)9-5-16)23(33(22)27)17-6-10-19(29)11-7-17/h4-11,14,20-21,23,30H,12-13H2,1-3H3. The second-order valence-corrected chi connectivity index (χ2v) is 11.4. The van der Waals surface area contributed by atoms with Gasteiger partial charge in [0.05, 0.1) is 17.5 Å². The second kappa shape index (κ2) is 10.7. The summed E-state index contributed by atoms with van der Waals surface area (Å²) in [6, 6.07) is 13.6. The Morgan fingerprint density at radius 1 is 1.05 bits per heavy atom.